The molecule has 2 aromatic rings. The number of carbonyl (C=O) groups is 1. The number of unbranched alkanes of at least 4 members (excludes halogenated alkanes) is 1. The van der Waals surface area contributed by atoms with Gasteiger partial charge in [-0.05, 0) is 18.6 Å². The van der Waals surface area contributed by atoms with Crippen LogP contribution in [0.3, 0.4) is 0 Å². The Morgan fingerprint density at radius 2 is 2.20 bits per heavy atom. The first kappa shape index (κ1) is 14.5. The molecule has 0 spiro atoms. The lowest BCUT2D eigenvalue weighted by molar-refractivity contribution is -0.124. The average molecular weight is 275 g/mol. The van der Waals surface area contributed by atoms with Gasteiger partial charge in [0.2, 0.25) is 5.91 Å². The zero-order chi connectivity index (χ0) is 14.4. The number of para-hydroxylation sites is 2. The number of rotatable bonds is 7. The highest BCUT2D eigenvalue weighted by molar-refractivity contribution is 5.78. The van der Waals surface area contributed by atoms with Gasteiger partial charge in [0, 0.05) is 13.7 Å². The second-order valence-electron chi connectivity index (χ2n) is 4.73. The van der Waals surface area contributed by atoms with Crippen molar-refractivity contribution >= 4 is 16.9 Å². The first-order valence-corrected chi connectivity index (χ1v) is 6.96. The Bertz CT molecular complexity index is 578. The smallest absolute Gasteiger partial charge is 0.246 e. The largest absolute Gasteiger partial charge is 0.375 e. The molecular formula is C15H21N3O2. The van der Waals surface area contributed by atoms with Gasteiger partial charge in [-0.2, -0.15) is 0 Å². The minimum absolute atomic E-state index is 0.0786. The number of ether oxygens (including phenoxy) is 1. The van der Waals surface area contributed by atoms with Gasteiger partial charge in [0.1, 0.15) is 12.4 Å². The second kappa shape index (κ2) is 7.05. The molecule has 0 aliphatic heterocycles. The van der Waals surface area contributed by atoms with Crippen molar-refractivity contribution < 1.29 is 9.53 Å². The molecule has 0 radical (unpaired) electrons. The molecular weight excluding hydrogens is 254 g/mol. The fraction of sp³-hybridized carbons (Fsp3) is 0.467. The molecule has 1 heterocycles. The van der Waals surface area contributed by atoms with Gasteiger partial charge in [-0.25, -0.2) is 4.98 Å². The van der Waals surface area contributed by atoms with E-state index in [2.05, 4.69) is 27.9 Å². The Morgan fingerprint density at radius 3 is 2.95 bits per heavy atom. The Labute approximate surface area is 118 Å². The summed E-state index contributed by atoms with van der Waals surface area (Å²) in [5, 5.41) is 2.83. The number of carbonyl (C=O) groups excluding carboxylic acids is 1. The zero-order valence-electron chi connectivity index (χ0n) is 12.1. The number of amides is 1. The topological polar surface area (TPSA) is 56.2 Å². The van der Waals surface area contributed by atoms with Gasteiger partial charge in [-0.15, -0.1) is 0 Å². The fourth-order valence-electron chi connectivity index (χ4n) is 2.19. The van der Waals surface area contributed by atoms with Gasteiger partial charge in [0.05, 0.1) is 17.6 Å². The van der Waals surface area contributed by atoms with Crippen LogP contribution in [0.1, 0.15) is 25.6 Å². The van der Waals surface area contributed by atoms with Gasteiger partial charge in [0.25, 0.3) is 0 Å². The van der Waals surface area contributed by atoms with E-state index < -0.39 is 0 Å². The van der Waals surface area contributed by atoms with Crippen molar-refractivity contribution in [3.8, 4) is 0 Å². The van der Waals surface area contributed by atoms with E-state index in [0.717, 1.165) is 36.2 Å². The summed E-state index contributed by atoms with van der Waals surface area (Å²) in [6.07, 6.45) is 2.22. The molecule has 0 bridgehead atoms. The summed E-state index contributed by atoms with van der Waals surface area (Å²) in [6, 6.07) is 8.06. The molecule has 0 saturated carbocycles. The van der Waals surface area contributed by atoms with Crippen molar-refractivity contribution in [3.05, 3.63) is 30.1 Å². The number of methoxy groups -OCH3 is 1. The highest BCUT2D eigenvalue weighted by Gasteiger charge is 2.10. The number of nitrogens with zero attached hydrogens (tertiary/aromatic N) is 2. The van der Waals surface area contributed by atoms with E-state index in [0.29, 0.717) is 6.54 Å². The van der Waals surface area contributed by atoms with E-state index in [1.807, 2.05) is 18.2 Å². The van der Waals surface area contributed by atoms with Crippen LogP contribution in [0.15, 0.2) is 24.3 Å². The van der Waals surface area contributed by atoms with E-state index in [1.165, 1.54) is 7.11 Å². The summed E-state index contributed by atoms with van der Waals surface area (Å²) >= 11 is 0. The summed E-state index contributed by atoms with van der Waals surface area (Å²) in [5.41, 5.74) is 2.09. The van der Waals surface area contributed by atoms with Crippen LogP contribution in [0.2, 0.25) is 0 Å². The van der Waals surface area contributed by atoms with Crippen LogP contribution in [0, 0.1) is 0 Å². The molecule has 0 aliphatic carbocycles. The van der Waals surface area contributed by atoms with Crippen LogP contribution >= 0.6 is 0 Å². The van der Waals surface area contributed by atoms with Crippen LogP contribution in [0.25, 0.3) is 11.0 Å². The van der Waals surface area contributed by atoms with Crippen LogP contribution < -0.4 is 5.32 Å². The highest BCUT2D eigenvalue weighted by atomic mass is 16.5. The molecule has 0 unspecified atom stereocenters. The van der Waals surface area contributed by atoms with Crippen molar-refractivity contribution in [1.29, 1.82) is 0 Å². The number of benzene rings is 1. The molecule has 1 aromatic carbocycles. The first-order valence-electron chi connectivity index (χ1n) is 6.96. The SMILES string of the molecule is CCCCn1c(CNC(=O)COC)nc2ccccc21. The molecule has 0 saturated heterocycles. The van der Waals surface area contributed by atoms with Crippen LogP contribution in [0.4, 0.5) is 0 Å². The molecule has 0 fully saturated rings. The average Bonchev–Trinajstić information content (AvgIpc) is 2.81. The lowest BCUT2D eigenvalue weighted by Crippen LogP contribution is -2.28. The molecule has 1 aromatic heterocycles. The molecule has 5 heteroatoms. The summed E-state index contributed by atoms with van der Waals surface area (Å²) in [5.74, 6) is 0.769. The van der Waals surface area contributed by atoms with Crippen LogP contribution in [-0.4, -0.2) is 29.2 Å². The number of hydrogen-bond donors (Lipinski definition) is 1. The number of hydrogen-bond acceptors (Lipinski definition) is 3. The molecule has 2 rings (SSSR count). The van der Waals surface area contributed by atoms with E-state index in [4.69, 9.17) is 4.74 Å². The predicted molar refractivity (Wildman–Crippen MR) is 78.4 cm³/mol. The summed E-state index contributed by atoms with van der Waals surface area (Å²) in [6.45, 7) is 3.60. The molecule has 108 valence electrons. The minimum atomic E-state index is -0.124. The van der Waals surface area contributed by atoms with E-state index >= 15 is 0 Å². The maximum atomic E-state index is 11.5. The maximum Gasteiger partial charge on any atom is 0.246 e. The summed E-state index contributed by atoms with van der Waals surface area (Å²) in [4.78, 5) is 16.1. The van der Waals surface area contributed by atoms with Crippen molar-refractivity contribution in [3.63, 3.8) is 0 Å². The van der Waals surface area contributed by atoms with Gasteiger partial charge in [-0.3, -0.25) is 4.79 Å². The third-order valence-electron chi connectivity index (χ3n) is 3.19. The first-order chi connectivity index (χ1) is 9.76. The van der Waals surface area contributed by atoms with E-state index in [9.17, 15) is 4.79 Å². The number of aryl methyl sites for hydroxylation is 1. The molecule has 0 atom stereocenters. The van der Waals surface area contributed by atoms with Gasteiger partial charge < -0.3 is 14.6 Å². The third-order valence-corrected chi connectivity index (χ3v) is 3.19. The van der Waals surface area contributed by atoms with E-state index in [1.54, 1.807) is 0 Å². The van der Waals surface area contributed by atoms with Gasteiger partial charge >= 0.3 is 0 Å². The standard InChI is InChI=1S/C15H21N3O2/c1-3-4-9-18-13-8-6-5-7-12(13)17-14(18)10-16-15(19)11-20-2/h5-8H,3-4,9-11H2,1-2H3,(H,16,19). The minimum Gasteiger partial charge on any atom is -0.375 e. The van der Waals surface area contributed by atoms with Crippen molar-refractivity contribution in [2.75, 3.05) is 13.7 Å². The van der Waals surface area contributed by atoms with Gasteiger partial charge in [-0.1, -0.05) is 25.5 Å². The number of aromatic nitrogens is 2. The van der Waals surface area contributed by atoms with Crippen LogP contribution in [0.5, 0.6) is 0 Å². The molecule has 1 amide bonds. The molecule has 0 aliphatic rings. The summed E-state index contributed by atoms with van der Waals surface area (Å²) in [7, 11) is 1.51. The zero-order valence-corrected chi connectivity index (χ0v) is 12.1. The molecule has 5 nitrogen and oxygen atoms in total. The predicted octanol–water partition coefficient (Wildman–Crippen LogP) is 2.10. The lowest BCUT2D eigenvalue weighted by atomic mass is 10.3. The van der Waals surface area contributed by atoms with Crippen LogP contribution in [-0.2, 0) is 22.6 Å². The number of imidazole rings is 1. The summed E-state index contributed by atoms with van der Waals surface area (Å²) < 4.78 is 6.99. The van der Waals surface area contributed by atoms with Gasteiger partial charge in [0.15, 0.2) is 0 Å². The van der Waals surface area contributed by atoms with Crippen molar-refractivity contribution in [1.82, 2.24) is 14.9 Å². The second-order valence-corrected chi connectivity index (χ2v) is 4.73. The lowest BCUT2D eigenvalue weighted by Gasteiger charge is -2.09. The Kier molecular flexibility index (Phi) is 5.12. The normalized spacial score (nSPS) is 10.9. The third kappa shape index (κ3) is 3.36. The quantitative estimate of drug-likeness (QED) is 0.842. The maximum absolute atomic E-state index is 11.5. The Hall–Kier alpha value is -1.88. The van der Waals surface area contributed by atoms with Crippen molar-refractivity contribution in [2.24, 2.45) is 0 Å². The Morgan fingerprint density at radius 1 is 1.40 bits per heavy atom. The highest BCUT2D eigenvalue weighted by Crippen LogP contribution is 2.16. The molecule has 20 heavy (non-hydrogen) atoms. The fourth-order valence-corrected chi connectivity index (χ4v) is 2.19. The van der Waals surface area contributed by atoms with Crippen molar-refractivity contribution in [2.45, 2.75) is 32.9 Å². The Balaban J connectivity index is 2.19. The number of nitrogens with one attached hydrogen (secondary N) is 1. The monoisotopic (exact) mass is 275 g/mol. The van der Waals surface area contributed by atoms with E-state index in [-0.39, 0.29) is 12.5 Å². The number of fused-ring (bicyclic) bond motifs is 1. The molecule has 1 N–H and O–H groups in total.